The van der Waals surface area contributed by atoms with Gasteiger partial charge in [0.05, 0.1) is 94.6 Å². The van der Waals surface area contributed by atoms with Crippen molar-refractivity contribution < 1.29 is 37.9 Å². The Hall–Kier alpha value is -8.64. The molecule has 2 aromatic heterocycles. The van der Waals surface area contributed by atoms with Crippen LogP contribution >= 0.6 is 22.7 Å². The first kappa shape index (κ1) is 82.3. The van der Waals surface area contributed by atoms with Crippen molar-refractivity contribution in [3.8, 4) is 93.4 Å². The molecule has 0 saturated heterocycles. The van der Waals surface area contributed by atoms with Gasteiger partial charge in [0.2, 0.25) is 0 Å². The molecule has 0 saturated carbocycles. The zero-order valence-corrected chi connectivity index (χ0v) is 69.2. The largest absolute Gasteiger partial charge is 0.492 e. The summed E-state index contributed by atoms with van der Waals surface area (Å²) in [7, 11) is 0. The molecule has 8 aromatic carbocycles. The van der Waals surface area contributed by atoms with Crippen molar-refractivity contribution in [3.63, 3.8) is 0 Å². The monoisotopic (exact) mass is 1510 g/mol. The van der Waals surface area contributed by atoms with Crippen LogP contribution < -0.4 is 37.9 Å². The van der Waals surface area contributed by atoms with Crippen LogP contribution in [0.2, 0.25) is 0 Å². The van der Waals surface area contributed by atoms with Crippen LogP contribution in [0.25, 0.3) is 64.6 Å². The summed E-state index contributed by atoms with van der Waals surface area (Å²) in [5.74, 6) is 35.5. The van der Waals surface area contributed by atoms with Crippen molar-refractivity contribution in [1.29, 1.82) is 0 Å². The Morgan fingerprint density at radius 2 is 0.336 bits per heavy atom. The van der Waals surface area contributed by atoms with Gasteiger partial charge in [-0.05, 0) is 213 Å². The molecule has 8 nitrogen and oxygen atoms in total. The maximum Gasteiger partial charge on any atom is 0.161 e. The predicted octanol–water partition coefficient (Wildman–Crippen LogP) is 28.3. The van der Waals surface area contributed by atoms with Crippen LogP contribution in [0, 0.1) is 47.4 Å². The quantitative estimate of drug-likeness (QED) is 0.0212. The Morgan fingerprint density at radius 1 is 0.182 bits per heavy atom. The van der Waals surface area contributed by atoms with Gasteiger partial charge in [0.15, 0.2) is 23.0 Å². The van der Waals surface area contributed by atoms with Gasteiger partial charge in [0.25, 0.3) is 0 Å². The highest BCUT2D eigenvalue weighted by molar-refractivity contribution is 7.13. The van der Waals surface area contributed by atoms with Gasteiger partial charge in [-0.3, -0.25) is 0 Å². The molecule has 0 fully saturated rings. The van der Waals surface area contributed by atoms with E-state index in [0.29, 0.717) is 52.9 Å². The molecule has 0 spiro atoms. The van der Waals surface area contributed by atoms with Crippen molar-refractivity contribution in [1.82, 2.24) is 0 Å². The van der Waals surface area contributed by atoms with E-state index in [1.54, 1.807) is 22.7 Å². The molecule has 0 aliphatic carbocycles. The van der Waals surface area contributed by atoms with Crippen molar-refractivity contribution in [2.75, 3.05) is 52.9 Å². The second-order valence-corrected chi connectivity index (χ2v) is 32.0. The molecular formula is C100H120O8S2. The highest BCUT2D eigenvalue weighted by Gasteiger charge is 2.23. The minimum Gasteiger partial charge on any atom is -0.492 e. The lowest BCUT2D eigenvalue weighted by Crippen LogP contribution is -2.04. The second-order valence-electron chi connectivity index (χ2n) is 29.9. The first-order valence-electron chi connectivity index (χ1n) is 42.7. The summed E-state index contributed by atoms with van der Waals surface area (Å²) in [6.07, 6.45) is 35.0. The SMILES string of the molecule is CCCCCCOc1cc2c3cc1C#Cc1ccc(s1)C#Cc1cc4c5cc(c(OCCCCCC)cc5c5cc(OCCCCCC)c(OCCCCCC)cc5c4cc1OCCCCCC)C#Cc1ccc(s1)C#Cc1cc3c(cc1OCCCCCC)c1cc(OCCCCCC)c(OCCCCCC)cc21. The number of hydrogen-bond donors (Lipinski definition) is 0. The van der Waals surface area contributed by atoms with Crippen molar-refractivity contribution >= 4 is 87.3 Å². The first-order chi connectivity index (χ1) is 54.3. The highest BCUT2D eigenvalue weighted by atomic mass is 32.1. The van der Waals surface area contributed by atoms with Crippen LogP contribution in [0.15, 0.2) is 97.1 Å². The molecular weight excluding hydrogens is 1390 g/mol. The summed E-state index contributed by atoms with van der Waals surface area (Å²) < 4.78 is 55.2. The first-order valence-corrected chi connectivity index (χ1v) is 44.3. The molecule has 1 aliphatic rings. The predicted molar refractivity (Wildman–Crippen MR) is 468 cm³/mol. The van der Waals surface area contributed by atoms with Crippen LogP contribution in [0.1, 0.15) is 303 Å². The Labute approximate surface area is 666 Å². The van der Waals surface area contributed by atoms with Gasteiger partial charge in [-0.2, -0.15) is 0 Å². The number of unbranched alkanes of at least 4 members (excludes halogenated alkanes) is 24. The molecule has 0 N–H and O–H groups in total. The minimum absolute atomic E-state index is 0.576. The molecule has 110 heavy (non-hydrogen) atoms. The van der Waals surface area contributed by atoms with E-state index in [4.69, 9.17) is 37.9 Å². The van der Waals surface area contributed by atoms with Gasteiger partial charge in [-0.1, -0.05) is 257 Å². The third kappa shape index (κ3) is 22.8. The molecule has 580 valence electrons. The van der Waals surface area contributed by atoms with E-state index >= 15 is 0 Å². The summed E-state index contributed by atoms with van der Waals surface area (Å²) in [5.41, 5.74) is 3.26. The molecule has 10 aromatic rings. The minimum atomic E-state index is 0.576. The number of ether oxygens (including phenoxy) is 8. The highest BCUT2D eigenvalue weighted by Crippen LogP contribution is 2.48. The molecule has 11 rings (SSSR count). The van der Waals surface area contributed by atoms with Crippen LogP contribution in [0.4, 0.5) is 0 Å². The topological polar surface area (TPSA) is 73.8 Å². The maximum atomic E-state index is 6.97. The average Bonchev–Trinajstić information content (AvgIpc) is 0.762. The van der Waals surface area contributed by atoms with E-state index in [-0.39, 0.29) is 0 Å². The van der Waals surface area contributed by atoms with E-state index in [0.717, 1.165) is 332 Å². The zero-order chi connectivity index (χ0) is 76.5. The van der Waals surface area contributed by atoms with Crippen LogP contribution in [0.3, 0.4) is 0 Å². The van der Waals surface area contributed by atoms with Gasteiger partial charge in [-0.25, -0.2) is 0 Å². The maximum absolute atomic E-state index is 6.97. The van der Waals surface area contributed by atoms with Gasteiger partial charge < -0.3 is 37.9 Å². The van der Waals surface area contributed by atoms with E-state index in [9.17, 15) is 0 Å². The molecule has 3 heterocycles. The Kier molecular flexibility index (Phi) is 33.2. The van der Waals surface area contributed by atoms with Crippen LogP contribution in [-0.2, 0) is 0 Å². The van der Waals surface area contributed by atoms with E-state index < -0.39 is 0 Å². The van der Waals surface area contributed by atoms with Gasteiger partial charge in [-0.15, -0.1) is 22.7 Å². The Morgan fingerprint density at radius 3 is 0.509 bits per heavy atom. The fourth-order valence-electron chi connectivity index (χ4n) is 14.6. The van der Waals surface area contributed by atoms with E-state index in [2.05, 4.69) is 200 Å². The Balaban J connectivity index is 1.15. The van der Waals surface area contributed by atoms with Gasteiger partial charge in [0, 0.05) is 0 Å². The number of thiophene rings is 2. The van der Waals surface area contributed by atoms with E-state index in [1.165, 1.54) is 25.7 Å². The summed E-state index contributed by atoms with van der Waals surface area (Å²) in [6.45, 7) is 22.7. The van der Waals surface area contributed by atoms with Gasteiger partial charge >= 0.3 is 0 Å². The molecule has 10 heteroatoms. The number of rotatable bonds is 48. The average molecular weight is 1510 g/mol. The molecule has 0 amide bonds. The second kappa shape index (κ2) is 44.4. The lowest BCUT2D eigenvalue weighted by molar-refractivity contribution is 0.259. The summed E-state index contributed by atoms with van der Waals surface area (Å²) >= 11 is 3.20. The third-order valence-electron chi connectivity index (χ3n) is 20.9. The molecule has 0 radical (unpaired) electrons. The number of hydrogen-bond acceptors (Lipinski definition) is 10. The van der Waals surface area contributed by atoms with Crippen LogP contribution in [0.5, 0.6) is 46.0 Å². The third-order valence-corrected chi connectivity index (χ3v) is 22.8. The normalized spacial score (nSPS) is 11.6. The summed E-state index contributed by atoms with van der Waals surface area (Å²) in [4.78, 5) is 3.61. The fraction of sp³-hybridized carbons (Fsp3) is 0.480. The molecule has 1 aliphatic heterocycles. The fourth-order valence-corrected chi connectivity index (χ4v) is 16.0. The van der Waals surface area contributed by atoms with Gasteiger partial charge in [0.1, 0.15) is 23.0 Å². The van der Waals surface area contributed by atoms with Crippen molar-refractivity contribution in [2.24, 2.45) is 0 Å². The lowest BCUT2D eigenvalue weighted by atomic mass is 9.91. The van der Waals surface area contributed by atoms with E-state index in [1.807, 2.05) is 0 Å². The van der Waals surface area contributed by atoms with Crippen LogP contribution in [-0.4, -0.2) is 52.9 Å². The molecule has 0 atom stereocenters. The smallest absolute Gasteiger partial charge is 0.161 e. The van der Waals surface area contributed by atoms with Crippen molar-refractivity contribution in [2.45, 2.75) is 261 Å². The summed E-state index contributed by atoms with van der Waals surface area (Å²) in [5, 5.41) is 12.6. The molecule has 12 bridgehead atoms. The van der Waals surface area contributed by atoms with Crippen molar-refractivity contribution in [3.05, 3.63) is 139 Å². The number of benzene rings is 8. The lowest BCUT2D eigenvalue weighted by Gasteiger charge is -2.19. The Bertz CT molecular complexity index is 4320. The zero-order valence-electron chi connectivity index (χ0n) is 67.6. The number of fused-ring (bicyclic) bond motifs is 14. The standard InChI is InChI=1S/C100H120O8S2/c1-9-17-25-33-53-101-93-65-85-81-61-73(93)41-45-77-49-50-78(109-77)46-43-75-63-83-84-64-76(96(104-56-36-28-20-12-4)68-88(84)92-72-100(108-60-40-32-24-16-8)99(107-59-39-31-23-15-7)71-91(92)87(83)67-95(75)103-55-35-27-19-11-3)44-48-80-52-51-79(110-80)47-42-74-62-82(81)86(66-94(74)102-54-34-26-18-10-2)90-70-98(106-58-38-30-22-14-6)97(69-89(85)90)105-57-37-29-21-13-5/h49-52,61-72H,9-40,53-60H2,1-8H3. The summed E-state index contributed by atoms with van der Waals surface area (Å²) in [6, 6.07) is 35.3. The molecule has 0 unspecified atom stereocenters.